The molecule has 5 heterocycles. The Labute approximate surface area is 269 Å². The van der Waals surface area contributed by atoms with E-state index < -0.39 is 0 Å². The van der Waals surface area contributed by atoms with Crippen molar-refractivity contribution in [2.24, 2.45) is 0 Å². The van der Waals surface area contributed by atoms with Crippen molar-refractivity contribution in [1.29, 1.82) is 0 Å². The van der Waals surface area contributed by atoms with Gasteiger partial charge in [0.15, 0.2) is 5.82 Å². The first kappa shape index (κ1) is 26.4. The Balaban J connectivity index is 1.21. The Hall–Kier alpha value is -5.98. The summed E-state index contributed by atoms with van der Waals surface area (Å²) in [6, 6.07) is 42.6. The molecule has 5 nitrogen and oxygen atoms in total. The Kier molecular flexibility index (Phi) is 6.25. The highest BCUT2D eigenvalue weighted by molar-refractivity contribution is 7.18. The number of pyridine rings is 2. The molecule has 0 radical (unpaired) electrons. The third-order valence-corrected chi connectivity index (χ3v) is 9.46. The zero-order valence-electron chi connectivity index (χ0n) is 24.6. The van der Waals surface area contributed by atoms with Crippen molar-refractivity contribution in [3.8, 4) is 50.7 Å². The second kappa shape index (κ2) is 10.9. The summed E-state index contributed by atoms with van der Waals surface area (Å²) in [5.74, 6) is 0.662. The zero-order chi connectivity index (χ0) is 30.5. The standard InChI is InChI=1S/C40H25N5S/c1-2-7-36-33(6-1)38-37(13-12-29-18-23-46-39(29)38)45(36)32-5-3-4-31(24-32)35-25-34(43-40(44-35)30-16-21-42-22-17-30)28-10-8-26(9-11-28)27-14-19-41-20-15-27/h1-25H. The van der Waals surface area contributed by atoms with Crippen molar-refractivity contribution in [2.75, 3.05) is 0 Å². The molecule has 0 amide bonds. The highest BCUT2D eigenvalue weighted by Gasteiger charge is 2.17. The summed E-state index contributed by atoms with van der Waals surface area (Å²) in [6.07, 6.45) is 7.19. The number of thiophene rings is 1. The van der Waals surface area contributed by atoms with E-state index in [1.807, 2.05) is 36.7 Å². The monoisotopic (exact) mass is 607 g/mol. The number of benzene rings is 4. The number of rotatable bonds is 5. The van der Waals surface area contributed by atoms with Gasteiger partial charge in [-0.1, -0.05) is 60.7 Å². The first-order valence-corrected chi connectivity index (χ1v) is 16.0. The van der Waals surface area contributed by atoms with E-state index in [1.165, 1.54) is 31.9 Å². The molecule has 9 rings (SSSR count). The van der Waals surface area contributed by atoms with Gasteiger partial charge < -0.3 is 4.57 Å². The van der Waals surface area contributed by atoms with Gasteiger partial charge in [-0.05, 0) is 82.6 Å². The molecule has 0 aliphatic heterocycles. The highest BCUT2D eigenvalue weighted by Crippen LogP contribution is 2.39. The van der Waals surface area contributed by atoms with Gasteiger partial charge in [-0.3, -0.25) is 9.97 Å². The molecule has 5 aromatic heterocycles. The zero-order valence-corrected chi connectivity index (χ0v) is 25.4. The van der Waals surface area contributed by atoms with Gasteiger partial charge in [0.1, 0.15) is 0 Å². The highest BCUT2D eigenvalue weighted by atomic mass is 32.1. The van der Waals surface area contributed by atoms with Gasteiger partial charge in [-0.25, -0.2) is 9.97 Å². The Morgan fingerprint density at radius 3 is 2.00 bits per heavy atom. The summed E-state index contributed by atoms with van der Waals surface area (Å²) < 4.78 is 3.69. The summed E-state index contributed by atoms with van der Waals surface area (Å²) in [5.41, 5.74) is 10.4. The minimum Gasteiger partial charge on any atom is -0.309 e. The lowest BCUT2D eigenvalue weighted by atomic mass is 10.0. The molecule has 0 unspecified atom stereocenters. The van der Waals surface area contributed by atoms with Crippen molar-refractivity contribution in [1.82, 2.24) is 24.5 Å². The van der Waals surface area contributed by atoms with Gasteiger partial charge in [0.2, 0.25) is 0 Å². The van der Waals surface area contributed by atoms with Crippen LogP contribution in [0, 0.1) is 0 Å². The lowest BCUT2D eigenvalue weighted by Crippen LogP contribution is -1.98. The topological polar surface area (TPSA) is 56.5 Å². The van der Waals surface area contributed by atoms with E-state index in [-0.39, 0.29) is 0 Å². The fraction of sp³-hybridized carbons (Fsp3) is 0. The van der Waals surface area contributed by atoms with E-state index in [2.05, 4.69) is 117 Å². The van der Waals surface area contributed by atoms with Crippen LogP contribution in [0.25, 0.3) is 82.6 Å². The molecule has 0 fully saturated rings. The number of para-hydroxylation sites is 1. The fourth-order valence-electron chi connectivity index (χ4n) is 6.31. The van der Waals surface area contributed by atoms with Crippen molar-refractivity contribution < 1.29 is 0 Å². The van der Waals surface area contributed by atoms with Crippen LogP contribution in [0.5, 0.6) is 0 Å². The van der Waals surface area contributed by atoms with Crippen molar-refractivity contribution in [3.05, 3.63) is 151 Å². The maximum absolute atomic E-state index is 5.09. The Morgan fingerprint density at radius 2 is 1.20 bits per heavy atom. The van der Waals surface area contributed by atoms with E-state index in [0.29, 0.717) is 5.82 Å². The van der Waals surface area contributed by atoms with E-state index in [9.17, 15) is 0 Å². The second-order valence-corrected chi connectivity index (χ2v) is 12.1. The lowest BCUT2D eigenvalue weighted by Gasteiger charge is -2.12. The molecule has 46 heavy (non-hydrogen) atoms. The lowest BCUT2D eigenvalue weighted by molar-refractivity contribution is 1.16. The normalized spacial score (nSPS) is 11.5. The molecule has 216 valence electrons. The third-order valence-electron chi connectivity index (χ3n) is 8.51. The van der Waals surface area contributed by atoms with Crippen molar-refractivity contribution >= 4 is 43.2 Å². The van der Waals surface area contributed by atoms with Crippen LogP contribution in [0.2, 0.25) is 0 Å². The molecule has 0 bridgehead atoms. The van der Waals surface area contributed by atoms with Crippen molar-refractivity contribution in [2.45, 2.75) is 0 Å². The molecular weight excluding hydrogens is 583 g/mol. The number of aromatic nitrogens is 5. The van der Waals surface area contributed by atoms with E-state index in [1.54, 1.807) is 23.7 Å². The molecule has 0 saturated heterocycles. The molecule has 4 aromatic carbocycles. The number of hydrogen-bond donors (Lipinski definition) is 0. The van der Waals surface area contributed by atoms with E-state index >= 15 is 0 Å². The van der Waals surface area contributed by atoms with Crippen LogP contribution in [0.4, 0.5) is 0 Å². The van der Waals surface area contributed by atoms with Crippen LogP contribution in [-0.2, 0) is 0 Å². The number of fused-ring (bicyclic) bond motifs is 5. The Bertz CT molecular complexity index is 2520. The van der Waals surface area contributed by atoms with Crippen LogP contribution < -0.4 is 0 Å². The van der Waals surface area contributed by atoms with Gasteiger partial charge in [-0.15, -0.1) is 11.3 Å². The van der Waals surface area contributed by atoms with Crippen LogP contribution in [0.3, 0.4) is 0 Å². The number of nitrogens with zero attached hydrogens (tertiary/aromatic N) is 5. The predicted molar refractivity (Wildman–Crippen MR) is 189 cm³/mol. The van der Waals surface area contributed by atoms with Crippen LogP contribution in [0.1, 0.15) is 0 Å². The molecule has 0 atom stereocenters. The fourth-order valence-corrected chi connectivity index (χ4v) is 7.27. The maximum Gasteiger partial charge on any atom is 0.160 e. The third kappa shape index (κ3) is 4.47. The predicted octanol–water partition coefficient (Wildman–Crippen LogP) is 10.2. The maximum atomic E-state index is 5.09. The molecule has 0 saturated carbocycles. The minimum atomic E-state index is 0.662. The molecular formula is C40H25N5S. The average Bonchev–Trinajstić information content (AvgIpc) is 3.75. The van der Waals surface area contributed by atoms with Crippen LogP contribution >= 0.6 is 11.3 Å². The molecule has 0 N–H and O–H groups in total. The molecule has 9 aromatic rings. The van der Waals surface area contributed by atoms with E-state index in [4.69, 9.17) is 9.97 Å². The smallest absolute Gasteiger partial charge is 0.160 e. The summed E-state index contributed by atoms with van der Waals surface area (Å²) in [7, 11) is 0. The average molecular weight is 608 g/mol. The van der Waals surface area contributed by atoms with Gasteiger partial charge in [0.05, 0.1) is 22.4 Å². The molecule has 0 spiro atoms. The van der Waals surface area contributed by atoms with Crippen LogP contribution in [-0.4, -0.2) is 24.5 Å². The first-order valence-electron chi connectivity index (χ1n) is 15.1. The van der Waals surface area contributed by atoms with Gasteiger partial charge in [0, 0.05) is 62.6 Å². The molecule has 0 aliphatic rings. The summed E-state index contributed by atoms with van der Waals surface area (Å²) in [4.78, 5) is 18.5. The first-order chi connectivity index (χ1) is 22.8. The number of hydrogen-bond acceptors (Lipinski definition) is 5. The van der Waals surface area contributed by atoms with Crippen LogP contribution in [0.15, 0.2) is 151 Å². The second-order valence-electron chi connectivity index (χ2n) is 11.2. The van der Waals surface area contributed by atoms with Gasteiger partial charge >= 0.3 is 0 Å². The quantitative estimate of drug-likeness (QED) is 0.195. The van der Waals surface area contributed by atoms with Gasteiger partial charge in [-0.2, -0.15) is 0 Å². The van der Waals surface area contributed by atoms with Gasteiger partial charge in [0.25, 0.3) is 0 Å². The largest absolute Gasteiger partial charge is 0.309 e. The minimum absolute atomic E-state index is 0.662. The summed E-state index contributed by atoms with van der Waals surface area (Å²) in [5, 5.41) is 6.01. The summed E-state index contributed by atoms with van der Waals surface area (Å²) in [6.45, 7) is 0. The van der Waals surface area contributed by atoms with Crippen molar-refractivity contribution in [3.63, 3.8) is 0 Å². The summed E-state index contributed by atoms with van der Waals surface area (Å²) >= 11 is 1.80. The molecule has 0 aliphatic carbocycles. The Morgan fingerprint density at radius 1 is 0.500 bits per heavy atom. The SMILES string of the molecule is c1cc(-c2cc(-c3ccc(-c4ccncc4)cc3)nc(-c3ccncc3)n2)cc(-n2c3ccccc3c3c4sccc4ccc32)c1. The van der Waals surface area contributed by atoms with E-state index in [0.717, 1.165) is 44.9 Å². The molecule has 6 heteroatoms.